The van der Waals surface area contributed by atoms with E-state index in [-0.39, 0.29) is 54.6 Å². The number of likely N-dealkylation sites (tertiary alicyclic amines) is 1. The van der Waals surface area contributed by atoms with Crippen molar-refractivity contribution in [2.24, 2.45) is 5.41 Å². The number of anilines is 2. The summed E-state index contributed by atoms with van der Waals surface area (Å²) in [7, 11) is 0. The second-order valence-electron chi connectivity index (χ2n) is 18.7. The number of rotatable bonds is 26. The SMILES string of the molecule is Cc1ncsc1-c1ccc([C@H](C)NC(=O)[C@@H]2C[C@@H](O)CN2C(=O)[C@@H](NC(=O)CCCCCCCCCCCNCCCONC(=O)c2ccc(F)c(F)c2Nc2ccc(I)cc2F)C(C)(C)C)cc1. The normalized spacial score (nSPS) is 15.7. The van der Waals surface area contributed by atoms with Gasteiger partial charge in [0.25, 0.3) is 5.91 Å². The third-order valence-corrected chi connectivity index (χ3v) is 13.8. The standard InChI is InChI=1S/C51H67F3IN7O6S/c1-32(34-17-19-35(20-18-34)46-33(2)57-31-69-46)58-49(66)42-29-37(63)30-62(42)50(67)47(51(3,4)5)60-43(64)16-13-11-9-7-6-8-10-12-14-25-56-26-15-27-68-61-48(65)38-22-23-39(52)44(54)45(38)59-41-24-21-36(55)28-40(41)53/h17-24,28,31-32,37,42,47,56,59,63H,6-16,25-27,29-30H2,1-5H3,(H,58,66)(H,60,64)(H,61,65)/t32-,37+,42-,47+/m0/s1. The van der Waals surface area contributed by atoms with Gasteiger partial charge in [0.1, 0.15) is 17.9 Å². The minimum absolute atomic E-state index is 0.0180. The molecule has 18 heteroatoms. The van der Waals surface area contributed by atoms with Crippen molar-refractivity contribution in [3.05, 3.63) is 98.0 Å². The Balaban J connectivity index is 0.898. The van der Waals surface area contributed by atoms with E-state index in [4.69, 9.17) is 4.84 Å². The number of benzene rings is 3. The number of halogens is 4. The van der Waals surface area contributed by atoms with Gasteiger partial charge in [0.15, 0.2) is 11.6 Å². The van der Waals surface area contributed by atoms with Crippen LogP contribution in [0.5, 0.6) is 0 Å². The summed E-state index contributed by atoms with van der Waals surface area (Å²) in [5.74, 6) is -4.90. The number of aromatic nitrogens is 1. The summed E-state index contributed by atoms with van der Waals surface area (Å²) >= 11 is 3.50. The van der Waals surface area contributed by atoms with E-state index < -0.39 is 52.6 Å². The van der Waals surface area contributed by atoms with E-state index in [1.807, 2.05) is 87.0 Å². The van der Waals surface area contributed by atoms with Gasteiger partial charge < -0.3 is 31.3 Å². The molecule has 0 aliphatic carbocycles. The molecule has 4 amide bonds. The lowest BCUT2D eigenvalue weighted by Crippen LogP contribution is -2.57. The first-order chi connectivity index (χ1) is 32.9. The summed E-state index contributed by atoms with van der Waals surface area (Å²) in [6, 6.07) is 12.0. The second kappa shape index (κ2) is 27.1. The van der Waals surface area contributed by atoms with Crippen LogP contribution < -0.4 is 26.7 Å². The van der Waals surface area contributed by atoms with Crippen molar-refractivity contribution in [3.8, 4) is 10.4 Å². The average Bonchev–Trinajstić information content (AvgIpc) is 3.93. The summed E-state index contributed by atoms with van der Waals surface area (Å²) in [5.41, 5.74) is 5.53. The Kier molecular flexibility index (Phi) is 21.7. The van der Waals surface area contributed by atoms with Gasteiger partial charge in [-0.1, -0.05) is 90.0 Å². The lowest BCUT2D eigenvalue weighted by molar-refractivity contribution is -0.144. The summed E-state index contributed by atoms with van der Waals surface area (Å²) < 4.78 is 43.7. The molecule has 6 N–H and O–H groups in total. The number of amides is 4. The third kappa shape index (κ3) is 16.7. The minimum Gasteiger partial charge on any atom is -0.391 e. The molecule has 376 valence electrons. The van der Waals surface area contributed by atoms with Crippen LogP contribution in [0.25, 0.3) is 10.4 Å². The van der Waals surface area contributed by atoms with E-state index in [9.17, 15) is 37.5 Å². The molecule has 4 atom stereocenters. The first-order valence-corrected chi connectivity index (χ1v) is 25.8. The number of nitrogens with one attached hydrogen (secondary N) is 5. The average molecular weight is 1090 g/mol. The molecule has 2 heterocycles. The molecule has 5 rings (SSSR count). The van der Waals surface area contributed by atoms with Gasteiger partial charge in [-0.25, -0.2) is 23.6 Å². The van der Waals surface area contributed by atoms with E-state index in [1.165, 1.54) is 17.0 Å². The van der Waals surface area contributed by atoms with Gasteiger partial charge in [0, 0.05) is 23.0 Å². The largest absolute Gasteiger partial charge is 0.391 e. The maximum absolute atomic E-state index is 14.7. The molecule has 0 bridgehead atoms. The van der Waals surface area contributed by atoms with Crippen LogP contribution in [-0.4, -0.2) is 83.0 Å². The van der Waals surface area contributed by atoms with Gasteiger partial charge in [-0.05, 0) is 116 Å². The van der Waals surface area contributed by atoms with Crippen molar-refractivity contribution in [2.75, 3.05) is 31.6 Å². The topological polar surface area (TPSA) is 174 Å². The van der Waals surface area contributed by atoms with Gasteiger partial charge in [0.2, 0.25) is 17.7 Å². The Morgan fingerprint density at radius 3 is 2.20 bits per heavy atom. The zero-order chi connectivity index (χ0) is 50.1. The molecule has 1 aliphatic heterocycles. The van der Waals surface area contributed by atoms with Gasteiger partial charge >= 0.3 is 0 Å². The molecule has 1 aliphatic rings. The highest BCUT2D eigenvalue weighted by Crippen LogP contribution is 2.31. The molecule has 0 spiro atoms. The number of hydrogen-bond acceptors (Lipinski definition) is 10. The Labute approximate surface area is 421 Å². The van der Waals surface area contributed by atoms with Crippen LogP contribution in [0.3, 0.4) is 0 Å². The fraction of sp³-hybridized carbons (Fsp3) is 0.510. The number of aliphatic hydroxyl groups excluding tert-OH is 1. The molecule has 1 fully saturated rings. The predicted molar refractivity (Wildman–Crippen MR) is 272 cm³/mol. The van der Waals surface area contributed by atoms with E-state index in [0.29, 0.717) is 29.4 Å². The first kappa shape index (κ1) is 55.3. The summed E-state index contributed by atoms with van der Waals surface area (Å²) in [6.07, 6.45) is 9.35. The number of unbranched alkanes of at least 4 members (excludes halogenated alkanes) is 8. The maximum Gasteiger partial charge on any atom is 0.277 e. The van der Waals surface area contributed by atoms with Crippen LogP contribution in [0.1, 0.15) is 132 Å². The summed E-state index contributed by atoms with van der Waals surface area (Å²) in [6.45, 7) is 11.2. The number of aliphatic hydroxyl groups is 1. The predicted octanol–water partition coefficient (Wildman–Crippen LogP) is 9.80. The Bertz CT molecular complexity index is 2330. The van der Waals surface area contributed by atoms with Crippen LogP contribution in [0.4, 0.5) is 24.5 Å². The molecule has 3 aromatic carbocycles. The van der Waals surface area contributed by atoms with Crippen molar-refractivity contribution >= 4 is 68.9 Å². The van der Waals surface area contributed by atoms with Crippen LogP contribution >= 0.6 is 33.9 Å². The molecule has 0 saturated carbocycles. The number of carbonyl (C=O) groups excluding carboxylic acids is 4. The summed E-state index contributed by atoms with van der Waals surface area (Å²) in [4.78, 5) is 65.7. The Morgan fingerprint density at radius 1 is 0.884 bits per heavy atom. The van der Waals surface area contributed by atoms with Crippen LogP contribution in [0, 0.1) is 33.4 Å². The van der Waals surface area contributed by atoms with Crippen LogP contribution in [-0.2, 0) is 19.2 Å². The number of hydrogen-bond donors (Lipinski definition) is 6. The molecular formula is C51H67F3IN7O6S. The smallest absolute Gasteiger partial charge is 0.277 e. The molecule has 1 aromatic heterocycles. The molecule has 0 radical (unpaired) electrons. The van der Waals surface area contributed by atoms with E-state index >= 15 is 0 Å². The monoisotopic (exact) mass is 1090 g/mol. The van der Waals surface area contributed by atoms with Crippen molar-refractivity contribution < 1.29 is 42.3 Å². The molecular weight excluding hydrogens is 1020 g/mol. The van der Waals surface area contributed by atoms with Crippen molar-refractivity contribution in [2.45, 2.75) is 136 Å². The van der Waals surface area contributed by atoms with Crippen LogP contribution in [0.2, 0.25) is 0 Å². The van der Waals surface area contributed by atoms with E-state index in [0.717, 1.165) is 91.7 Å². The highest BCUT2D eigenvalue weighted by atomic mass is 127. The quantitative estimate of drug-likeness (QED) is 0.0203. The fourth-order valence-corrected chi connectivity index (χ4v) is 9.44. The zero-order valence-corrected chi connectivity index (χ0v) is 43.2. The van der Waals surface area contributed by atoms with E-state index in [1.54, 1.807) is 17.4 Å². The van der Waals surface area contributed by atoms with E-state index in [2.05, 4.69) is 31.7 Å². The summed E-state index contributed by atoms with van der Waals surface area (Å²) in [5, 5.41) is 22.5. The molecule has 69 heavy (non-hydrogen) atoms. The van der Waals surface area contributed by atoms with Crippen LogP contribution in [0.15, 0.2) is 60.1 Å². The number of hydroxylamine groups is 1. The van der Waals surface area contributed by atoms with Gasteiger partial charge in [-0.15, -0.1) is 11.3 Å². The van der Waals surface area contributed by atoms with Crippen molar-refractivity contribution in [1.29, 1.82) is 0 Å². The number of carbonyl (C=O) groups is 4. The Hall–Kier alpha value is -4.63. The van der Waals surface area contributed by atoms with Gasteiger partial charge in [0.05, 0.1) is 51.8 Å². The number of aryl methyl sites for hydroxylation is 1. The molecule has 1 saturated heterocycles. The van der Waals surface area contributed by atoms with Crippen molar-refractivity contribution in [1.82, 2.24) is 31.3 Å². The molecule has 13 nitrogen and oxygen atoms in total. The maximum atomic E-state index is 14.7. The lowest BCUT2D eigenvalue weighted by atomic mass is 9.85. The third-order valence-electron chi connectivity index (χ3n) is 12.1. The highest BCUT2D eigenvalue weighted by Gasteiger charge is 2.44. The zero-order valence-electron chi connectivity index (χ0n) is 40.2. The van der Waals surface area contributed by atoms with Gasteiger partial charge in [-0.3, -0.25) is 24.0 Å². The Morgan fingerprint density at radius 2 is 1.55 bits per heavy atom. The molecule has 4 aromatic rings. The fourth-order valence-electron chi connectivity index (χ4n) is 8.18. The highest BCUT2D eigenvalue weighted by molar-refractivity contribution is 14.1. The second-order valence-corrected chi connectivity index (χ2v) is 20.8. The first-order valence-electron chi connectivity index (χ1n) is 23.9. The lowest BCUT2D eigenvalue weighted by Gasteiger charge is -2.35. The molecule has 0 unspecified atom stereocenters. The number of thiazole rings is 1. The number of nitrogens with zero attached hydrogens (tertiary/aromatic N) is 2. The minimum atomic E-state index is -1.31. The van der Waals surface area contributed by atoms with Crippen molar-refractivity contribution in [3.63, 3.8) is 0 Å². The van der Waals surface area contributed by atoms with Gasteiger partial charge in [-0.2, -0.15) is 0 Å². The number of β-amino-alcohol motifs (C(OH)–C–C–N with tert-alkyl or cyclic N) is 1.